The van der Waals surface area contributed by atoms with E-state index in [0.29, 0.717) is 12.3 Å². The topological polar surface area (TPSA) is 57.6 Å². The molecule has 2 rings (SSSR count). The molecule has 0 bridgehead atoms. The summed E-state index contributed by atoms with van der Waals surface area (Å²) in [6.45, 7) is 5.89. The van der Waals surface area contributed by atoms with E-state index in [1.165, 1.54) is 12.8 Å². The molecule has 1 amide bonds. The smallest absolute Gasteiger partial charge is 0.307 e. The van der Waals surface area contributed by atoms with E-state index >= 15 is 0 Å². The maximum atomic E-state index is 12.7. The van der Waals surface area contributed by atoms with Crippen LogP contribution in [0.1, 0.15) is 52.4 Å². The van der Waals surface area contributed by atoms with Crippen LogP contribution in [0.15, 0.2) is 0 Å². The number of hydrogen-bond donors (Lipinski definition) is 1. The molecule has 1 heterocycles. The van der Waals surface area contributed by atoms with Gasteiger partial charge in [0, 0.05) is 13.1 Å². The Kier molecular flexibility index (Phi) is 5.06. The molecule has 1 saturated carbocycles. The average molecular weight is 281 g/mol. The van der Waals surface area contributed by atoms with Gasteiger partial charge in [-0.3, -0.25) is 9.59 Å². The quantitative estimate of drug-likeness (QED) is 0.865. The lowest BCUT2D eigenvalue weighted by atomic mass is 9.94. The second-order valence-corrected chi connectivity index (χ2v) is 6.66. The summed E-state index contributed by atoms with van der Waals surface area (Å²) in [5.41, 5.74) is 0. The summed E-state index contributed by atoms with van der Waals surface area (Å²) >= 11 is 0. The Bertz CT molecular complexity index is 369. The highest BCUT2D eigenvalue weighted by atomic mass is 16.4. The molecule has 1 N–H and O–H groups in total. The molecule has 4 heteroatoms. The number of amides is 1. The van der Waals surface area contributed by atoms with Crippen LogP contribution in [-0.4, -0.2) is 35.0 Å². The molecular formula is C16H27NO3. The zero-order valence-electron chi connectivity index (χ0n) is 12.7. The van der Waals surface area contributed by atoms with Crippen LogP contribution in [0.25, 0.3) is 0 Å². The number of aliphatic carboxylic acids is 1. The van der Waals surface area contributed by atoms with Crippen molar-refractivity contribution >= 4 is 11.9 Å². The van der Waals surface area contributed by atoms with Gasteiger partial charge in [0.1, 0.15) is 0 Å². The van der Waals surface area contributed by atoms with Crippen molar-refractivity contribution in [3.63, 3.8) is 0 Å². The second kappa shape index (κ2) is 6.59. The first-order valence-electron chi connectivity index (χ1n) is 8.04. The van der Waals surface area contributed by atoms with E-state index in [0.717, 1.165) is 38.3 Å². The van der Waals surface area contributed by atoms with Crippen molar-refractivity contribution in [2.45, 2.75) is 52.4 Å². The van der Waals surface area contributed by atoms with Crippen molar-refractivity contribution < 1.29 is 14.7 Å². The second-order valence-electron chi connectivity index (χ2n) is 6.66. The first-order valence-corrected chi connectivity index (χ1v) is 8.04. The van der Waals surface area contributed by atoms with Gasteiger partial charge >= 0.3 is 5.97 Å². The van der Waals surface area contributed by atoms with E-state index in [-0.39, 0.29) is 11.8 Å². The molecule has 0 aromatic rings. The lowest BCUT2D eigenvalue weighted by molar-refractivity contribution is -0.149. The molecule has 4 nitrogen and oxygen atoms in total. The summed E-state index contributed by atoms with van der Waals surface area (Å²) in [5, 5.41) is 9.31. The molecule has 0 aromatic carbocycles. The summed E-state index contributed by atoms with van der Waals surface area (Å²) in [4.78, 5) is 26.0. The number of carboxylic acids is 1. The van der Waals surface area contributed by atoms with Gasteiger partial charge in [0.2, 0.25) is 5.91 Å². The van der Waals surface area contributed by atoms with Crippen LogP contribution >= 0.6 is 0 Å². The molecular weight excluding hydrogens is 254 g/mol. The van der Waals surface area contributed by atoms with E-state index in [2.05, 4.69) is 13.8 Å². The number of rotatable bonds is 3. The van der Waals surface area contributed by atoms with Crippen LogP contribution in [0.2, 0.25) is 0 Å². The average Bonchev–Trinajstić information content (AvgIpc) is 2.67. The Morgan fingerprint density at radius 3 is 2.50 bits per heavy atom. The Morgan fingerprint density at radius 1 is 1.15 bits per heavy atom. The first kappa shape index (κ1) is 15.3. The molecule has 0 radical (unpaired) electrons. The lowest BCUT2D eigenvalue weighted by Crippen LogP contribution is -2.39. The number of likely N-dealkylation sites (tertiary alicyclic amines) is 1. The van der Waals surface area contributed by atoms with Crippen LogP contribution in [0.4, 0.5) is 0 Å². The van der Waals surface area contributed by atoms with Gasteiger partial charge in [0.25, 0.3) is 0 Å². The standard InChI is InChI=1S/C16H27NO3/c1-3-12-5-4-7-17(8-6-12)15(18)13-9-11(2)10-14(13)16(19)20/h11-14H,3-10H2,1-2H3,(H,19,20). The summed E-state index contributed by atoms with van der Waals surface area (Å²) in [7, 11) is 0. The Labute approximate surface area is 121 Å². The van der Waals surface area contributed by atoms with Gasteiger partial charge in [-0.05, 0) is 43.9 Å². The van der Waals surface area contributed by atoms with Crippen molar-refractivity contribution in [3.05, 3.63) is 0 Å². The molecule has 1 aliphatic carbocycles. The predicted octanol–water partition coefficient (Wildman–Crippen LogP) is 2.77. The van der Waals surface area contributed by atoms with Crippen molar-refractivity contribution in [1.29, 1.82) is 0 Å². The van der Waals surface area contributed by atoms with Gasteiger partial charge < -0.3 is 10.0 Å². The first-order chi connectivity index (χ1) is 9.52. The van der Waals surface area contributed by atoms with E-state index in [1.54, 1.807) is 0 Å². The fourth-order valence-corrected chi connectivity index (χ4v) is 3.87. The largest absolute Gasteiger partial charge is 0.481 e. The molecule has 1 aliphatic heterocycles. The Balaban J connectivity index is 2.01. The van der Waals surface area contributed by atoms with Gasteiger partial charge in [-0.15, -0.1) is 0 Å². The zero-order chi connectivity index (χ0) is 14.7. The van der Waals surface area contributed by atoms with Crippen molar-refractivity contribution in [1.82, 2.24) is 4.90 Å². The third-order valence-corrected chi connectivity index (χ3v) is 5.17. The molecule has 114 valence electrons. The zero-order valence-corrected chi connectivity index (χ0v) is 12.7. The van der Waals surface area contributed by atoms with E-state index in [1.807, 2.05) is 4.90 Å². The molecule has 4 unspecified atom stereocenters. The van der Waals surface area contributed by atoms with Gasteiger partial charge in [0.15, 0.2) is 0 Å². The predicted molar refractivity (Wildman–Crippen MR) is 77.2 cm³/mol. The highest BCUT2D eigenvalue weighted by molar-refractivity contribution is 5.85. The fraction of sp³-hybridized carbons (Fsp3) is 0.875. The third-order valence-electron chi connectivity index (χ3n) is 5.17. The molecule has 0 spiro atoms. The van der Waals surface area contributed by atoms with Crippen LogP contribution < -0.4 is 0 Å². The fourth-order valence-electron chi connectivity index (χ4n) is 3.87. The van der Waals surface area contributed by atoms with Gasteiger partial charge in [-0.2, -0.15) is 0 Å². The van der Waals surface area contributed by atoms with Crippen LogP contribution in [0.3, 0.4) is 0 Å². The van der Waals surface area contributed by atoms with Crippen molar-refractivity contribution in [3.8, 4) is 0 Å². The maximum absolute atomic E-state index is 12.7. The monoisotopic (exact) mass is 281 g/mol. The molecule has 20 heavy (non-hydrogen) atoms. The minimum absolute atomic E-state index is 0.0958. The maximum Gasteiger partial charge on any atom is 0.307 e. The normalized spacial score (nSPS) is 34.8. The summed E-state index contributed by atoms with van der Waals surface area (Å²) in [6, 6.07) is 0. The minimum Gasteiger partial charge on any atom is -0.481 e. The molecule has 1 saturated heterocycles. The lowest BCUT2D eigenvalue weighted by Gasteiger charge is -2.26. The highest BCUT2D eigenvalue weighted by Gasteiger charge is 2.42. The van der Waals surface area contributed by atoms with Gasteiger partial charge in [-0.25, -0.2) is 0 Å². The number of carboxylic acid groups (broad SMARTS) is 1. The Morgan fingerprint density at radius 2 is 1.85 bits per heavy atom. The third kappa shape index (κ3) is 3.33. The van der Waals surface area contributed by atoms with Crippen molar-refractivity contribution in [2.75, 3.05) is 13.1 Å². The molecule has 2 aliphatic rings. The number of nitrogens with zero attached hydrogens (tertiary/aromatic N) is 1. The Hall–Kier alpha value is -1.06. The SMILES string of the molecule is CCC1CCCN(C(=O)C2CC(C)CC2C(=O)O)CC1. The molecule has 4 atom stereocenters. The van der Waals surface area contributed by atoms with Crippen LogP contribution in [0, 0.1) is 23.7 Å². The summed E-state index contributed by atoms with van der Waals surface area (Å²) < 4.78 is 0. The van der Waals surface area contributed by atoms with Crippen LogP contribution in [-0.2, 0) is 9.59 Å². The van der Waals surface area contributed by atoms with Crippen molar-refractivity contribution in [2.24, 2.45) is 23.7 Å². The minimum atomic E-state index is -0.797. The summed E-state index contributed by atoms with van der Waals surface area (Å²) in [5.74, 6) is -0.387. The highest BCUT2D eigenvalue weighted by Crippen LogP contribution is 2.38. The molecule has 0 aromatic heterocycles. The van der Waals surface area contributed by atoms with E-state index < -0.39 is 11.9 Å². The molecule has 2 fully saturated rings. The van der Waals surface area contributed by atoms with E-state index in [9.17, 15) is 14.7 Å². The van der Waals surface area contributed by atoms with Gasteiger partial charge in [-0.1, -0.05) is 20.3 Å². The van der Waals surface area contributed by atoms with Crippen LogP contribution in [0.5, 0.6) is 0 Å². The number of hydrogen-bond acceptors (Lipinski definition) is 2. The number of carbonyl (C=O) groups is 2. The summed E-state index contributed by atoms with van der Waals surface area (Å²) in [6.07, 6.45) is 5.90. The number of carbonyl (C=O) groups excluding carboxylic acids is 1. The van der Waals surface area contributed by atoms with E-state index in [4.69, 9.17) is 0 Å². The van der Waals surface area contributed by atoms with Gasteiger partial charge in [0.05, 0.1) is 11.8 Å².